The highest BCUT2D eigenvalue weighted by atomic mass is 16.5. The van der Waals surface area contributed by atoms with E-state index in [-0.39, 0.29) is 6.04 Å². The number of aromatic nitrogens is 1. The minimum atomic E-state index is 0.195. The van der Waals surface area contributed by atoms with E-state index in [1.165, 1.54) is 5.56 Å². The lowest BCUT2D eigenvalue weighted by Crippen LogP contribution is -2.07. The number of nitrogen functional groups attached to an aromatic ring is 1. The van der Waals surface area contributed by atoms with E-state index in [2.05, 4.69) is 24.1 Å². The van der Waals surface area contributed by atoms with Gasteiger partial charge in [-0.05, 0) is 43.2 Å². The highest BCUT2D eigenvalue weighted by Gasteiger charge is 2.07. The molecule has 0 bridgehead atoms. The molecule has 1 unspecified atom stereocenters. The molecule has 0 aliphatic carbocycles. The largest absolute Gasteiger partial charge is 0.491 e. The number of ether oxygens (including phenoxy) is 1. The minimum Gasteiger partial charge on any atom is -0.491 e. The average Bonchev–Trinajstić information content (AvgIpc) is 2.48. The third kappa shape index (κ3) is 3.63. The summed E-state index contributed by atoms with van der Waals surface area (Å²) in [5.74, 6) is 0.735. The molecule has 2 rings (SSSR count). The Morgan fingerprint density at radius 1 is 1.25 bits per heavy atom. The lowest BCUT2D eigenvalue weighted by atomic mass is 10.1. The van der Waals surface area contributed by atoms with E-state index in [0.29, 0.717) is 12.3 Å². The topological polar surface area (TPSA) is 60.2 Å². The summed E-state index contributed by atoms with van der Waals surface area (Å²) in [6.45, 7) is 4.86. The molecule has 0 spiro atoms. The normalized spacial score (nSPS) is 11.9. The third-order valence-electron chi connectivity index (χ3n) is 3.06. The highest BCUT2D eigenvalue weighted by Crippen LogP contribution is 2.28. The summed E-state index contributed by atoms with van der Waals surface area (Å²) in [7, 11) is 0. The first-order chi connectivity index (χ1) is 9.70. The molecule has 0 saturated heterocycles. The number of nitrogens with one attached hydrogen (secondary N) is 1. The zero-order valence-electron chi connectivity index (χ0n) is 12.0. The highest BCUT2D eigenvalue weighted by molar-refractivity contribution is 5.61. The number of benzene rings is 1. The van der Waals surface area contributed by atoms with Crippen molar-refractivity contribution >= 4 is 11.4 Å². The first-order valence-corrected chi connectivity index (χ1v) is 6.89. The van der Waals surface area contributed by atoms with E-state index >= 15 is 0 Å². The maximum absolute atomic E-state index is 5.91. The minimum absolute atomic E-state index is 0.195. The van der Waals surface area contributed by atoms with E-state index in [1.54, 1.807) is 12.4 Å². The summed E-state index contributed by atoms with van der Waals surface area (Å²) in [6.07, 6.45) is 4.56. The number of pyridine rings is 1. The number of rotatable bonds is 6. The Labute approximate surface area is 120 Å². The van der Waals surface area contributed by atoms with Gasteiger partial charge in [-0.25, -0.2) is 0 Å². The van der Waals surface area contributed by atoms with Gasteiger partial charge in [0, 0.05) is 30.2 Å². The van der Waals surface area contributed by atoms with Crippen LogP contribution in [0.5, 0.6) is 5.75 Å². The van der Waals surface area contributed by atoms with Crippen LogP contribution in [0, 0.1) is 0 Å². The molecule has 3 N–H and O–H groups in total. The molecule has 2 aromatic rings. The Hall–Kier alpha value is -2.23. The van der Waals surface area contributed by atoms with Gasteiger partial charge < -0.3 is 15.8 Å². The SMILES string of the molecule is CCCOc1cc(NC(C)c2ccncc2)ccc1N. The molecule has 0 aliphatic heterocycles. The van der Waals surface area contributed by atoms with E-state index in [4.69, 9.17) is 10.5 Å². The van der Waals surface area contributed by atoms with Gasteiger partial charge in [0.05, 0.1) is 12.3 Å². The Bertz CT molecular complexity index is 543. The molecule has 20 heavy (non-hydrogen) atoms. The second-order valence-electron chi connectivity index (χ2n) is 4.75. The molecule has 1 aromatic heterocycles. The smallest absolute Gasteiger partial charge is 0.144 e. The molecule has 0 amide bonds. The molecular formula is C16H21N3O. The van der Waals surface area contributed by atoms with Crippen LogP contribution in [0.3, 0.4) is 0 Å². The van der Waals surface area contributed by atoms with Crippen molar-refractivity contribution in [3.8, 4) is 5.75 Å². The van der Waals surface area contributed by atoms with Gasteiger partial charge in [-0.1, -0.05) is 6.92 Å². The molecule has 4 heteroatoms. The van der Waals surface area contributed by atoms with Crippen molar-refractivity contribution in [3.05, 3.63) is 48.3 Å². The standard InChI is InChI=1S/C16H21N3O/c1-3-10-20-16-11-14(4-5-15(16)17)19-12(2)13-6-8-18-9-7-13/h4-9,11-12,19H,3,10,17H2,1-2H3. The predicted molar refractivity (Wildman–Crippen MR) is 82.9 cm³/mol. The summed E-state index contributed by atoms with van der Waals surface area (Å²) >= 11 is 0. The van der Waals surface area contributed by atoms with E-state index in [1.807, 2.05) is 30.3 Å². The summed E-state index contributed by atoms with van der Waals surface area (Å²) in [4.78, 5) is 4.03. The van der Waals surface area contributed by atoms with Crippen molar-refractivity contribution in [3.63, 3.8) is 0 Å². The second kappa shape index (κ2) is 6.80. The Morgan fingerprint density at radius 3 is 2.70 bits per heavy atom. The summed E-state index contributed by atoms with van der Waals surface area (Å²) in [5, 5.41) is 3.44. The van der Waals surface area contributed by atoms with Crippen LogP contribution in [-0.2, 0) is 0 Å². The van der Waals surface area contributed by atoms with Crippen molar-refractivity contribution in [2.45, 2.75) is 26.3 Å². The molecule has 0 aliphatic rings. The number of hydrogen-bond donors (Lipinski definition) is 2. The third-order valence-corrected chi connectivity index (χ3v) is 3.06. The van der Waals surface area contributed by atoms with Crippen molar-refractivity contribution in [2.75, 3.05) is 17.7 Å². The van der Waals surface area contributed by atoms with Crippen LogP contribution in [-0.4, -0.2) is 11.6 Å². The van der Waals surface area contributed by atoms with Crippen molar-refractivity contribution in [2.24, 2.45) is 0 Å². The number of anilines is 2. The summed E-state index contributed by atoms with van der Waals surface area (Å²) < 4.78 is 5.64. The lowest BCUT2D eigenvalue weighted by molar-refractivity contribution is 0.319. The summed E-state index contributed by atoms with van der Waals surface area (Å²) in [6, 6.07) is 9.98. The van der Waals surface area contributed by atoms with E-state index < -0.39 is 0 Å². The molecule has 0 radical (unpaired) electrons. The van der Waals surface area contributed by atoms with Gasteiger partial charge in [0.15, 0.2) is 0 Å². The average molecular weight is 271 g/mol. The van der Waals surface area contributed by atoms with Gasteiger partial charge in [-0.15, -0.1) is 0 Å². The quantitative estimate of drug-likeness (QED) is 0.788. The van der Waals surface area contributed by atoms with Gasteiger partial charge in [0.1, 0.15) is 5.75 Å². The van der Waals surface area contributed by atoms with Gasteiger partial charge in [0.25, 0.3) is 0 Å². The van der Waals surface area contributed by atoms with Gasteiger partial charge >= 0.3 is 0 Å². The zero-order chi connectivity index (χ0) is 14.4. The van der Waals surface area contributed by atoms with Crippen LogP contribution in [0.15, 0.2) is 42.7 Å². The van der Waals surface area contributed by atoms with Crippen LogP contribution >= 0.6 is 0 Å². The number of hydrogen-bond acceptors (Lipinski definition) is 4. The van der Waals surface area contributed by atoms with Gasteiger partial charge in [0.2, 0.25) is 0 Å². The fourth-order valence-corrected chi connectivity index (χ4v) is 1.95. The molecule has 0 saturated carbocycles. The first kappa shape index (κ1) is 14.2. The predicted octanol–water partition coefficient (Wildman–Crippen LogP) is 3.63. The van der Waals surface area contributed by atoms with Gasteiger partial charge in [-0.2, -0.15) is 0 Å². The van der Waals surface area contributed by atoms with Crippen LogP contribution in [0.2, 0.25) is 0 Å². The number of nitrogens with zero attached hydrogens (tertiary/aromatic N) is 1. The maximum Gasteiger partial charge on any atom is 0.144 e. The Kier molecular flexibility index (Phi) is 4.82. The van der Waals surface area contributed by atoms with Gasteiger partial charge in [-0.3, -0.25) is 4.98 Å². The lowest BCUT2D eigenvalue weighted by Gasteiger charge is -2.17. The van der Waals surface area contributed by atoms with Crippen molar-refractivity contribution < 1.29 is 4.74 Å². The molecular weight excluding hydrogens is 250 g/mol. The van der Waals surface area contributed by atoms with Crippen LogP contribution in [0.1, 0.15) is 31.9 Å². The van der Waals surface area contributed by atoms with Crippen LogP contribution in [0.4, 0.5) is 11.4 Å². The monoisotopic (exact) mass is 271 g/mol. The fourth-order valence-electron chi connectivity index (χ4n) is 1.95. The second-order valence-corrected chi connectivity index (χ2v) is 4.75. The molecule has 0 fully saturated rings. The van der Waals surface area contributed by atoms with E-state index in [0.717, 1.165) is 17.9 Å². The fraction of sp³-hybridized carbons (Fsp3) is 0.312. The number of nitrogens with two attached hydrogens (primary N) is 1. The van der Waals surface area contributed by atoms with Crippen molar-refractivity contribution in [1.82, 2.24) is 4.98 Å². The summed E-state index contributed by atoms with van der Waals surface area (Å²) in [5.41, 5.74) is 8.76. The molecule has 106 valence electrons. The Balaban J connectivity index is 2.09. The van der Waals surface area contributed by atoms with Crippen LogP contribution in [0.25, 0.3) is 0 Å². The van der Waals surface area contributed by atoms with E-state index in [9.17, 15) is 0 Å². The molecule has 1 heterocycles. The van der Waals surface area contributed by atoms with Crippen molar-refractivity contribution in [1.29, 1.82) is 0 Å². The molecule has 1 atom stereocenters. The Morgan fingerprint density at radius 2 is 2.00 bits per heavy atom. The molecule has 1 aromatic carbocycles. The maximum atomic E-state index is 5.91. The molecule has 4 nitrogen and oxygen atoms in total. The first-order valence-electron chi connectivity index (χ1n) is 6.89. The van der Waals surface area contributed by atoms with Crippen LogP contribution < -0.4 is 15.8 Å². The zero-order valence-corrected chi connectivity index (χ0v) is 12.0.